The maximum Gasteiger partial charge on any atom is 0.164 e. The highest BCUT2D eigenvalue weighted by Crippen LogP contribution is 2.17. The van der Waals surface area contributed by atoms with Crippen LogP contribution in [0.4, 0.5) is 11.6 Å². The maximum atomic E-state index is 4.33. The molecule has 0 fully saturated rings. The van der Waals surface area contributed by atoms with Crippen LogP contribution in [0.3, 0.4) is 0 Å². The van der Waals surface area contributed by atoms with Crippen LogP contribution in [0, 0.1) is 0 Å². The van der Waals surface area contributed by atoms with E-state index in [9.17, 15) is 0 Å². The Morgan fingerprint density at radius 3 is 1.38 bits per heavy atom. The normalized spacial score (nSPS) is 10.3. The van der Waals surface area contributed by atoms with Gasteiger partial charge in [0.15, 0.2) is 11.3 Å². The van der Waals surface area contributed by atoms with Crippen LogP contribution in [0.25, 0.3) is 22.1 Å². The third-order valence-corrected chi connectivity index (χ3v) is 5.42. The summed E-state index contributed by atoms with van der Waals surface area (Å²) in [6, 6.07) is 7.80. The minimum absolute atomic E-state index is 0. The predicted molar refractivity (Wildman–Crippen MR) is 182 cm³/mol. The SMILES string of the molecule is I.I.I.c1cnc2ncnc(NCCCNCCCCNCCCNc3ncnc4ncccc34)c2c1. The van der Waals surface area contributed by atoms with Crippen LogP contribution in [0.1, 0.15) is 25.7 Å². The molecule has 0 bridgehead atoms. The Kier molecular flexibility index (Phi) is 18.0. The number of hydrogen-bond donors (Lipinski definition) is 4. The lowest BCUT2D eigenvalue weighted by Gasteiger charge is -2.09. The Hall–Kier alpha value is -1.31. The Labute approximate surface area is 268 Å². The fourth-order valence-electron chi connectivity index (χ4n) is 3.66. The predicted octanol–water partition coefficient (Wildman–Crippen LogP) is 4.48. The van der Waals surface area contributed by atoms with Gasteiger partial charge < -0.3 is 21.3 Å². The van der Waals surface area contributed by atoms with E-state index in [0.717, 1.165) is 85.8 Å². The number of unbranched alkanes of at least 4 members (excludes halogenated alkanes) is 1. The van der Waals surface area contributed by atoms with Crippen molar-refractivity contribution < 1.29 is 0 Å². The summed E-state index contributed by atoms with van der Waals surface area (Å²) in [6.07, 6.45) is 11.0. The quantitative estimate of drug-likeness (QED) is 0.101. The van der Waals surface area contributed by atoms with E-state index in [-0.39, 0.29) is 71.9 Å². The van der Waals surface area contributed by atoms with Crippen molar-refractivity contribution in [2.45, 2.75) is 25.7 Å². The number of hydrogen-bond acceptors (Lipinski definition) is 10. The molecule has 0 aliphatic carbocycles. The average Bonchev–Trinajstić information content (AvgIpc) is 2.89. The van der Waals surface area contributed by atoms with E-state index in [1.54, 1.807) is 25.0 Å². The third-order valence-electron chi connectivity index (χ3n) is 5.42. The molecule has 4 heterocycles. The van der Waals surface area contributed by atoms with Gasteiger partial charge in [-0.1, -0.05) is 0 Å². The second kappa shape index (κ2) is 19.7. The zero-order valence-electron chi connectivity index (χ0n) is 20.6. The van der Waals surface area contributed by atoms with Crippen LogP contribution in [0.15, 0.2) is 49.3 Å². The molecule has 13 heteroatoms. The Bertz CT molecular complexity index is 1070. The van der Waals surface area contributed by atoms with E-state index in [2.05, 4.69) is 51.2 Å². The van der Waals surface area contributed by atoms with Gasteiger partial charge in [0, 0.05) is 25.5 Å². The van der Waals surface area contributed by atoms with Crippen LogP contribution >= 0.6 is 71.9 Å². The van der Waals surface area contributed by atoms with Crippen molar-refractivity contribution in [1.29, 1.82) is 0 Å². The molecular weight excluding hydrogens is 809 g/mol. The van der Waals surface area contributed by atoms with Gasteiger partial charge in [0.2, 0.25) is 0 Å². The lowest BCUT2D eigenvalue weighted by molar-refractivity contribution is 0.573. The summed E-state index contributed by atoms with van der Waals surface area (Å²) in [4.78, 5) is 25.6. The first-order chi connectivity index (χ1) is 16.9. The van der Waals surface area contributed by atoms with Gasteiger partial charge in [0.25, 0.3) is 0 Å². The molecule has 4 aromatic heterocycles. The van der Waals surface area contributed by atoms with Crippen molar-refractivity contribution in [2.24, 2.45) is 0 Å². The summed E-state index contributed by atoms with van der Waals surface area (Å²) in [5, 5.41) is 15.7. The first kappa shape index (κ1) is 33.7. The van der Waals surface area contributed by atoms with Crippen molar-refractivity contribution in [3.63, 3.8) is 0 Å². The molecule has 0 aromatic carbocycles. The second-order valence-corrected chi connectivity index (χ2v) is 7.96. The minimum Gasteiger partial charge on any atom is -0.369 e. The fourth-order valence-corrected chi connectivity index (χ4v) is 3.66. The third kappa shape index (κ3) is 11.1. The van der Waals surface area contributed by atoms with Crippen molar-refractivity contribution in [3.8, 4) is 0 Å². The summed E-state index contributed by atoms with van der Waals surface area (Å²) in [5.41, 5.74) is 1.44. The first-order valence-corrected chi connectivity index (χ1v) is 11.9. The number of nitrogens with one attached hydrogen (secondary N) is 4. The van der Waals surface area contributed by atoms with Gasteiger partial charge in [0.1, 0.15) is 24.3 Å². The molecule has 202 valence electrons. The van der Waals surface area contributed by atoms with Gasteiger partial charge in [-0.25, -0.2) is 29.9 Å². The molecule has 0 saturated heterocycles. The van der Waals surface area contributed by atoms with Gasteiger partial charge >= 0.3 is 0 Å². The number of rotatable bonds is 15. The Balaban J connectivity index is 0.00000228. The second-order valence-electron chi connectivity index (χ2n) is 7.96. The summed E-state index contributed by atoms with van der Waals surface area (Å²) in [6.45, 7) is 5.79. The summed E-state index contributed by atoms with van der Waals surface area (Å²) < 4.78 is 0. The molecule has 37 heavy (non-hydrogen) atoms. The molecule has 0 radical (unpaired) electrons. The molecule has 0 atom stereocenters. The van der Waals surface area contributed by atoms with Crippen LogP contribution in [0.2, 0.25) is 0 Å². The number of pyridine rings is 2. The van der Waals surface area contributed by atoms with Crippen LogP contribution in [-0.4, -0.2) is 69.2 Å². The molecular formula is C24H35I3N10. The molecule has 0 saturated carbocycles. The van der Waals surface area contributed by atoms with Crippen LogP contribution < -0.4 is 21.3 Å². The van der Waals surface area contributed by atoms with E-state index in [4.69, 9.17) is 0 Å². The molecule has 10 nitrogen and oxygen atoms in total. The summed E-state index contributed by atoms with van der Waals surface area (Å²) >= 11 is 0. The molecule has 4 aromatic rings. The fraction of sp³-hybridized carbons (Fsp3) is 0.417. The lowest BCUT2D eigenvalue weighted by atomic mass is 10.3. The zero-order valence-corrected chi connectivity index (χ0v) is 27.6. The minimum atomic E-state index is 0. The molecule has 0 spiro atoms. The van der Waals surface area contributed by atoms with E-state index < -0.39 is 0 Å². The zero-order chi connectivity index (χ0) is 23.3. The first-order valence-electron chi connectivity index (χ1n) is 11.9. The van der Waals surface area contributed by atoms with Gasteiger partial charge in [-0.15, -0.1) is 71.9 Å². The molecule has 0 amide bonds. The number of anilines is 2. The van der Waals surface area contributed by atoms with E-state index in [0.29, 0.717) is 0 Å². The average molecular weight is 844 g/mol. The number of halogens is 3. The molecule has 4 rings (SSSR count). The van der Waals surface area contributed by atoms with Crippen molar-refractivity contribution in [2.75, 3.05) is 49.9 Å². The molecule has 0 unspecified atom stereocenters. The van der Waals surface area contributed by atoms with Crippen LogP contribution in [0.5, 0.6) is 0 Å². The highest BCUT2D eigenvalue weighted by atomic mass is 127. The van der Waals surface area contributed by atoms with Crippen LogP contribution in [-0.2, 0) is 0 Å². The van der Waals surface area contributed by atoms with Gasteiger partial charge in [-0.05, 0) is 76.1 Å². The topological polar surface area (TPSA) is 125 Å². The summed E-state index contributed by atoms with van der Waals surface area (Å²) in [7, 11) is 0. The number of nitrogens with zero attached hydrogens (tertiary/aromatic N) is 6. The number of aromatic nitrogens is 6. The highest BCUT2D eigenvalue weighted by Gasteiger charge is 2.03. The van der Waals surface area contributed by atoms with E-state index in [1.165, 1.54) is 12.8 Å². The molecule has 4 N–H and O–H groups in total. The molecule has 0 aliphatic heterocycles. The monoisotopic (exact) mass is 844 g/mol. The van der Waals surface area contributed by atoms with Gasteiger partial charge in [0.05, 0.1) is 10.8 Å². The van der Waals surface area contributed by atoms with Gasteiger partial charge in [-0.3, -0.25) is 0 Å². The highest BCUT2D eigenvalue weighted by molar-refractivity contribution is 14.0. The molecule has 0 aliphatic rings. The van der Waals surface area contributed by atoms with E-state index in [1.807, 2.05) is 24.3 Å². The standard InChI is InChI=1S/C24H32N10.3HI/c1(9-25-11-5-15-29-23-19-7-3-13-27-21(19)31-17-33-23)2-10-26-12-6-16-30-24-20-8-4-14-28-22(20)32-18-34-24;;;/h3-4,7-8,13-14,17-18,25-26H,1-2,5-6,9-12,15-16H2,(H,27,29,31,33)(H,28,30,32,34);3*1H. The maximum absolute atomic E-state index is 4.33. The van der Waals surface area contributed by atoms with E-state index >= 15 is 0 Å². The van der Waals surface area contributed by atoms with Gasteiger partial charge in [-0.2, -0.15) is 0 Å². The van der Waals surface area contributed by atoms with Crippen molar-refractivity contribution in [1.82, 2.24) is 40.5 Å². The summed E-state index contributed by atoms with van der Waals surface area (Å²) in [5.74, 6) is 1.70. The smallest absolute Gasteiger partial charge is 0.164 e. The largest absolute Gasteiger partial charge is 0.369 e. The Morgan fingerprint density at radius 2 is 0.919 bits per heavy atom. The van der Waals surface area contributed by atoms with Crippen molar-refractivity contribution >= 4 is 106 Å². The van der Waals surface area contributed by atoms with Crippen molar-refractivity contribution in [3.05, 3.63) is 49.3 Å². The number of fused-ring (bicyclic) bond motifs is 2. The lowest BCUT2D eigenvalue weighted by Crippen LogP contribution is -2.22. The Morgan fingerprint density at radius 1 is 0.486 bits per heavy atom.